The largest absolute Gasteiger partial charge is 0.421 e. The lowest BCUT2D eigenvalue weighted by atomic mass is 9.88. The number of cyclic esters (lactones) is 1. The molecule has 2 heterocycles. The first-order chi connectivity index (χ1) is 18.9. The molecular formula is C32H26N2O4S. The van der Waals surface area contributed by atoms with Gasteiger partial charge in [-0.15, -0.1) is 0 Å². The molecular weight excluding hydrogens is 508 g/mol. The van der Waals surface area contributed by atoms with Gasteiger partial charge in [0.25, 0.3) is 5.79 Å². The van der Waals surface area contributed by atoms with Crippen LogP contribution < -0.4 is 0 Å². The molecule has 194 valence electrons. The molecule has 1 aliphatic rings. The SMILES string of the molecule is Cc1ccc(C=O)cc1.Cc1ccc(CC2=C(c3ccc4nsnc4c3)C(=O)OC2(O)c2ccccc2)cc1. The average Bonchev–Trinajstić information content (AvgIpc) is 3.53. The summed E-state index contributed by atoms with van der Waals surface area (Å²) in [5, 5.41) is 11.6. The molecule has 1 atom stereocenters. The molecule has 1 aliphatic heterocycles. The fraction of sp³-hybridized carbons (Fsp3) is 0.125. The Morgan fingerprint density at radius 2 is 1.49 bits per heavy atom. The lowest BCUT2D eigenvalue weighted by molar-refractivity contribution is -0.185. The molecule has 0 bridgehead atoms. The van der Waals surface area contributed by atoms with Crippen LogP contribution >= 0.6 is 11.7 Å². The second-order valence-corrected chi connectivity index (χ2v) is 9.94. The number of aliphatic hydroxyl groups is 1. The van der Waals surface area contributed by atoms with Gasteiger partial charge in [-0.1, -0.05) is 96.1 Å². The van der Waals surface area contributed by atoms with Crippen LogP contribution in [0.4, 0.5) is 0 Å². The van der Waals surface area contributed by atoms with Crippen molar-refractivity contribution in [2.45, 2.75) is 26.1 Å². The number of hydrogen-bond donors (Lipinski definition) is 1. The van der Waals surface area contributed by atoms with Crippen molar-refractivity contribution in [3.05, 3.63) is 136 Å². The maximum Gasteiger partial charge on any atom is 0.342 e. The topological polar surface area (TPSA) is 89.4 Å². The van der Waals surface area contributed by atoms with E-state index in [9.17, 15) is 14.7 Å². The van der Waals surface area contributed by atoms with Crippen LogP contribution in [-0.4, -0.2) is 26.1 Å². The zero-order valence-electron chi connectivity index (χ0n) is 21.5. The number of carbonyl (C=O) groups excluding carboxylic acids is 2. The van der Waals surface area contributed by atoms with Gasteiger partial charge < -0.3 is 9.84 Å². The van der Waals surface area contributed by atoms with Gasteiger partial charge in [0.05, 0.1) is 17.3 Å². The summed E-state index contributed by atoms with van der Waals surface area (Å²) in [6.45, 7) is 4.02. The van der Waals surface area contributed by atoms with Crippen molar-refractivity contribution in [2.75, 3.05) is 0 Å². The van der Waals surface area contributed by atoms with Gasteiger partial charge in [-0.3, -0.25) is 4.79 Å². The average molecular weight is 535 g/mol. The number of hydrogen-bond acceptors (Lipinski definition) is 7. The molecule has 0 fully saturated rings. The Bertz CT molecular complexity index is 1660. The van der Waals surface area contributed by atoms with Crippen molar-refractivity contribution < 1.29 is 19.4 Å². The molecule has 0 spiro atoms. The quantitative estimate of drug-likeness (QED) is 0.213. The zero-order chi connectivity index (χ0) is 27.4. The van der Waals surface area contributed by atoms with Crippen LogP contribution in [0.15, 0.2) is 103 Å². The highest BCUT2D eigenvalue weighted by Crippen LogP contribution is 2.44. The smallest absolute Gasteiger partial charge is 0.342 e. The second kappa shape index (κ2) is 11.1. The molecule has 1 N–H and O–H groups in total. The summed E-state index contributed by atoms with van der Waals surface area (Å²) in [5.41, 5.74) is 7.60. The number of carbonyl (C=O) groups is 2. The van der Waals surface area contributed by atoms with E-state index in [1.165, 1.54) is 5.56 Å². The van der Waals surface area contributed by atoms with Crippen molar-refractivity contribution in [1.29, 1.82) is 0 Å². The number of fused-ring (bicyclic) bond motifs is 1. The molecule has 4 aromatic carbocycles. The van der Waals surface area contributed by atoms with E-state index in [4.69, 9.17) is 4.74 Å². The number of rotatable bonds is 5. The molecule has 5 aromatic rings. The minimum atomic E-state index is -1.83. The monoisotopic (exact) mass is 534 g/mol. The fourth-order valence-corrected chi connectivity index (χ4v) is 4.95. The number of benzene rings is 4. The van der Waals surface area contributed by atoms with Crippen molar-refractivity contribution >= 4 is 40.6 Å². The summed E-state index contributed by atoms with van der Waals surface area (Å²) in [5.74, 6) is -2.38. The summed E-state index contributed by atoms with van der Waals surface area (Å²) in [7, 11) is 0. The second-order valence-electron chi connectivity index (χ2n) is 9.41. The minimum Gasteiger partial charge on any atom is -0.421 e. The first kappa shape index (κ1) is 26.2. The number of esters is 1. The van der Waals surface area contributed by atoms with E-state index in [1.807, 2.05) is 98.8 Å². The van der Waals surface area contributed by atoms with Crippen LogP contribution in [0.5, 0.6) is 0 Å². The number of ether oxygens (including phenoxy) is 1. The molecule has 0 saturated carbocycles. The maximum absolute atomic E-state index is 13.0. The molecule has 0 radical (unpaired) electrons. The van der Waals surface area contributed by atoms with Gasteiger partial charge in [0, 0.05) is 23.1 Å². The van der Waals surface area contributed by atoms with E-state index in [-0.39, 0.29) is 0 Å². The van der Waals surface area contributed by atoms with Gasteiger partial charge in [-0.2, -0.15) is 8.75 Å². The number of aldehydes is 1. The van der Waals surface area contributed by atoms with Crippen LogP contribution in [0.1, 0.15) is 38.2 Å². The summed E-state index contributed by atoms with van der Waals surface area (Å²) in [6, 6.07) is 30.0. The van der Waals surface area contributed by atoms with Crippen molar-refractivity contribution in [1.82, 2.24) is 8.75 Å². The van der Waals surface area contributed by atoms with Crippen molar-refractivity contribution in [3.63, 3.8) is 0 Å². The summed E-state index contributed by atoms with van der Waals surface area (Å²) < 4.78 is 14.1. The fourth-order valence-electron chi connectivity index (χ4n) is 4.43. The van der Waals surface area contributed by atoms with Gasteiger partial charge >= 0.3 is 5.97 Å². The number of nitrogens with zero attached hydrogens (tertiary/aromatic N) is 2. The van der Waals surface area contributed by atoms with E-state index in [0.717, 1.165) is 40.2 Å². The predicted octanol–water partition coefficient (Wildman–Crippen LogP) is 6.21. The molecule has 7 heteroatoms. The van der Waals surface area contributed by atoms with Crippen LogP contribution in [0.25, 0.3) is 16.6 Å². The normalized spacial score (nSPS) is 16.5. The predicted molar refractivity (Wildman–Crippen MR) is 152 cm³/mol. The Morgan fingerprint density at radius 1 is 0.846 bits per heavy atom. The van der Waals surface area contributed by atoms with Crippen molar-refractivity contribution in [3.8, 4) is 0 Å². The molecule has 6 rings (SSSR count). The van der Waals surface area contributed by atoms with E-state index in [2.05, 4.69) is 8.75 Å². The molecule has 0 amide bonds. The third-order valence-electron chi connectivity index (χ3n) is 6.58. The molecule has 1 unspecified atom stereocenters. The highest BCUT2D eigenvalue weighted by Gasteiger charge is 2.48. The number of aryl methyl sites for hydroxylation is 2. The lowest BCUT2D eigenvalue weighted by Gasteiger charge is -2.25. The Morgan fingerprint density at radius 3 is 2.15 bits per heavy atom. The van der Waals surface area contributed by atoms with Gasteiger partial charge in [0.1, 0.15) is 17.3 Å². The highest BCUT2D eigenvalue weighted by molar-refractivity contribution is 7.00. The molecule has 6 nitrogen and oxygen atoms in total. The van der Waals surface area contributed by atoms with Crippen LogP contribution in [0.3, 0.4) is 0 Å². The zero-order valence-corrected chi connectivity index (χ0v) is 22.3. The molecule has 1 aromatic heterocycles. The molecule has 39 heavy (non-hydrogen) atoms. The lowest BCUT2D eigenvalue weighted by Crippen LogP contribution is -2.29. The molecule has 0 aliphatic carbocycles. The van der Waals surface area contributed by atoms with E-state index in [0.29, 0.717) is 34.2 Å². The van der Waals surface area contributed by atoms with Gasteiger partial charge in [0.2, 0.25) is 0 Å². The Kier molecular flexibility index (Phi) is 7.45. The summed E-state index contributed by atoms with van der Waals surface area (Å²) >= 11 is 1.12. The standard InChI is InChI=1S/C24H18N2O3S.C8H8O/c1-15-7-9-16(10-8-15)13-19-22(17-11-12-20-21(14-17)26-30-25-20)23(27)29-24(19,28)18-5-3-2-4-6-18;1-7-2-4-8(6-9)5-3-7/h2-12,14,28H,13H2,1H3;2-6H,1H3. The van der Waals surface area contributed by atoms with Gasteiger partial charge in [-0.25, -0.2) is 4.79 Å². The maximum atomic E-state index is 13.0. The first-order valence-electron chi connectivity index (χ1n) is 12.4. The van der Waals surface area contributed by atoms with Crippen LogP contribution in [0.2, 0.25) is 0 Å². The Balaban J connectivity index is 0.000000292. The Hall–Kier alpha value is -4.46. The Labute approximate surface area is 230 Å². The third-order valence-corrected chi connectivity index (χ3v) is 7.13. The summed E-state index contributed by atoms with van der Waals surface area (Å²) in [4.78, 5) is 23.1. The summed E-state index contributed by atoms with van der Waals surface area (Å²) in [6.07, 6.45) is 1.22. The van der Waals surface area contributed by atoms with E-state index < -0.39 is 11.8 Å². The van der Waals surface area contributed by atoms with Gasteiger partial charge in [-0.05, 0) is 37.1 Å². The van der Waals surface area contributed by atoms with E-state index >= 15 is 0 Å². The molecule has 0 saturated heterocycles. The van der Waals surface area contributed by atoms with Crippen LogP contribution in [-0.2, 0) is 21.7 Å². The third kappa shape index (κ3) is 5.55. The first-order valence-corrected chi connectivity index (χ1v) is 13.2. The number of aromatic nitrogens is 2. The minimum absolute atomic E-state index is 0.372. The van der Waals surface area contributed by atoms with Crippen molar-refractivity contribution in [2.24, 2.45) is 0 Å². The highest BCUT2D eigenvalue weighted by atomic mass is 32.1. The van der Waals surface area contributed by atoms with Gasteiger partial charge in [0.15, 0.2) is 0 Å². The van der Waals surface area contributed by atoms with Crippen LogP contribution in [0, 0.1) is 13.8 Å². The van der Waals surface area contributed by atoms with E-state index in [1.54, 1.807) is 12.1 Å².